The molecule has 0 fully saturated rings. The maximum Gasteiger partial charge on any atom is 0.116 e. The van der Waals surface area contributed by atoms with Crippen molar-refractivity contribution in [3.05, 3.63) is 58.0 Å². The summed E-state index contributed by atoms with van der Waals surface area (Å²) in [6.45, 7) is 2.06. The fourth-order valence-corrected chi connectivity index (χ4v) is 3.77. The first-order chi connectivity index (χ1) is 10.0. The molecule has 106 valence electrons. The number of aromatic hydroxyl groups is 2. The summed E-state index contributed by atoms with van der Waals surface area (Å²) in [7, 11) is 0. The normalized spacial score (nSPS) is 28.9. The van der Waals surface area contributed by atoms with Crippen LogP contribution in [0.15, 0.2) is 36.4 Å². The summed E-state index contributed by atoms with van der Waals surface area (Å²) < 4.78 is 0. The molecule has 0 amide bonds. The van der Waals surface area contributed by atoms with Crippen LogP contribution in [0.1, 0.15) is 30.1 Å². The minimum Gasteiger partial charge on any atom is -0.508 e. The quantitative estimate of drug-likeness (QED) is 0.685. The first-order valence-corrected chi connectivity index (χ1v) is 7.07. The number of phenols is 2. The van der Waals surface area contributed by atoms with Gasteiger partial charge < -0.3 is 15.3 Å². The predicted octanol–water partition coefficient (Wildman–Crippen LogP) is 1.51. The van der Waals surface area contributed by atoms with Crippen LogP contribution in [0.4, 0.5) is 0 Å². The Morgan fingerprint density at radius 2 is 1.52 bits per heavy atom. The van der Waals surface area contributed by atoms with Gasteiger partial charge in [-0.1, -0.05) is 31.2 Å². The number of phenolic OH excluding ortho intramolecular Hbond substituents is 2. The number of aliphatic hydroxyl groups excluding tert-OH is 1. The number of hydrogen-bond acceptors (Lipinski definition) is 3. The maximum absolute atomic E-state index is 10.8. The van der Waals surface area contributed by atoms with E-state index in [0.717, 1.165) is 21.6 Å². The van der Waals surface area contributed by atoms with Crippen molar-refractivity contribution in [1.82, 2.24) is 0 Å². The third-order valence-electron chi connectivity index (χ3n) is 4.94. The lowest BCUT2D eigenvalue weighted by atomic mass is 9.76. The molecule has 3 heteroatoms. The van der Waals surface area contributed by atoms with E-state index in [9.17, 15) is 15.3 Å². The molecule has 0 heterocycles. The molecule has 0 aromatic heterocycles. The second kappa shape index (κ2) is 3.89. The second-order valence-electron chi connectivity index (χ2n) is 6.04. The average Bonchev–Trinajstić information content (AvgIpc) is 2.92. The van der Waals surface area contributed by atoms with Crippen molar-refractivity contribution < 1.29 is 15.3 Å². The summed E-state index contributed by atoms with van der Waals surface area (Å²) in [5.74, 6) is 0.507. The Morgan fingerprint density at radius 3 is 2.33 bits per heavy atom. The van der Waals surface area contributed by atoms with E-state index >= 15 is 0 Å². The van der Waals surface area contributed by atoms with E-state index in [-0.39, 0.29) is 17.4 Å². The van der Waals surface area contributed by atoms with Gasteiger partial charge in [0.1, 0.15) is 11.5 Å². The van der Waals surface area contributed by atoms with Crippen molar-refractivity contribution in [2.45, 2.75) is 18.9 Å². The van der Waals surface area contributed by atoms with Crippen LogP contribution in [0, 0.1) is 5.41 Å². The molecule has 3 unspecified atom stereocenters. The highest BCUT2D eigenvalue weighted by Gasteiger charge is 2.49. The predicted molar refractivity (Wildman–Crippen MR) is 80.2 cm³/mol. The number of fused-ring (bicyclic) bond motifs is 2. The van der Waals surface area contributed by atoms with E-state index in [1.54, 1.807) is 30.3 Å². The lowest BCUT2D eigenvalue weighted by Crippen LogP contribution is -2.22. The summed E-state index contributed by atoms with van der Waals surface area (Å²) in [6.07, 6.45) is 3.47. The van der Waals surface area contributed by atoms with Gasteiger partial charge in [0.25, 0.3) is 0 Å². The van der Waals surface area contributed by atoms with Crippen molar-refractivity contribution in [2.24, 2.45) is 5.41 Å². The number of hydrogen-bond donors (Lipinski definition) is 3. The molecule has 3 N–H and O–H groups in total. The highest BCUT2D eigenvalue weighted by molar-refractivity contribution is 5.66. The third-order valence-corrected chi connectivity index (χ3v) is 4.94. The van der Waals surface area contributed by atoms with Gasteiger partial charge in [-0.15, -0.1) is 0 Å². The van der Waals surface area contributed by atoms with E-state index in [0.29, 0.717) is 0 Å². The van der Waals surface area contributed by atoms with Crippen LogP contribution in [0.2, 0.25) is 0 Å². The Kier molecular flexibility index (Phi) is 2.31. The Hall–Kier alpha value is -2.26. The van der Waals surface area contributed by atoms with Gasteiger partial charge in [-0.05, 0) is 51.7 Å². The van der Waals surface area contributed by atoms with Gasteiger partial charge in [-0.25, -0.2) is 0 Å². The van der Waals surface area contributed by atoms with E-state index < -0.39 is 11.5 Å². The standard InChI is InChI=1S/C18H16O3/c1-10-16-7-14(20)4-5-15(16)17(21)18(10)8-11-2-3-13(19)6-12(11)9-18/h2-10,17,19-21H,1H3. The van der Waals surface area contributed by atoms with Crippen LogP contribution in [-0.4, -0.2) is 15.3 Å². The van der Waals surface area contributed by atoms with Gasteiger partial charge in [0, 0.05) is 5.41 Å². The van der Waals surface area contributed by atoms with Gasteiger partial charge in [-0.3, -0.25) is 0 Å². The van der Waals surface area contributed by atoms with Crippen LogP contribution >= 0.6 is 0 Å². The minimum absolute atomic E-state index is 0.0594. The average molecular weight is 280 g/mol. The summed E-state index contributed by atoms with van der Waals surface area (Å²) in [6, 6.07) is 10.4. The summed E-state index contributed by atoms with van der Waals surface area (Å²) in [4.78, 5) is 0. The molecule has 0 radical (unpaired) electrons. The maximum atomic E-state index is 10.8. The number of rotatable bonds is 0. The van der Waals surface area contributed by atoms with Gasteiger partial charge in [-0.2, -0.15) is 0 Å². The molecule has 4 rings (SSSR count). The Morgan fingerprint density at radius 1 is 0.857 bits per heavy atom. The molecule has 3 nitrogen and oxygen atoms in total. The molecule has 1 spiro atoms. The van der Waals surface area contributed by atoms with Gasteiger partial charge >= 0.3 is 0 Å². The van der Waals surface area contributed by atoms with Crippen LogP contribution < -0.4 is 10.4 Å². The molecule has 2 aromatic rings. The molecule has 0 aliphatic heterocycles. The zero-order chi connectivity index (χ0) is 14.8. The third kappa shape index (κ3) is 1.52. The molecule has 2 aliphatic rings. The number of aliphatic hydroxyl groups is 1. The molecule has 3 atom stereocenters. The highest BCUT2D eigenvalue weighted by atomic mass is 16.3. The van der Waals surface area contributed by atoms with Crippen LogP contribution in [0.25, 0.3) is 12.2 Å². The fourth-order valence-electron chi connectivity index (χ4n) is 3.77. The first-order valence-electron chi connectivity index (χ1n) is 7.07. The second-order valence-corrected chi connectivity index (χ2v) is 6.04. The van der Waals surface area contributed by atoms with Crippen molar-refractivity contribution in [2.75, 3.05) is 0 Å². The lowest BCUT2D eigenvalue weighted by molar-refractivity contribution is 0.113. The van der Waals surface area contributed by atoms with Crippen molar-refractivity contribution in [3.8, 4) is 11.5 Å². The first kappa shape index (κ1) is 12.5. The van der Waals surface area contributed by atoms with E-state index in [2.05, 4.69) is 13.0 Å². The van der Waals surface area contributed by atoms with Gasteiger partial charge in [0.2, 0.25) is 0 Å². The van der Waals surface area contributed by atoms with Crippen LogP contribution in [0.3, 0.4) is 0 Å². The molecule has 0 saturated heterocycles. The zero-order valence-electron chi connectivity index (χ0n) is 11.6. The highest BCUT2D eigenvalue weighted by Crippen LogP contribution is 2.57. The van der Waals surface area contributed by atoms with E-state index in [1.807, 2.05) is 12.1 Å². The summed E-state index contributed by atoms with van der Waals surface area (Å²) >= 11 is 0. The summed E-state index contributed by atoms with van der Waals surface area (Å²) in [5.41, 5.74) is 1.34. The van der Waals surface area contributed by atoms with Gasteiger partial charge in [0.15, 0.2) is 0 Å². The minimum atomic E-state index is -0.641. The van der Waals surface area contributed by atoms with Crippen LogP contribution in [-0.2, 0) is 0 Å². The molecule has 21 heavy (non-hydrogen) atoms. The molecular weight excluding hydrogens is 264 g/mol. The number of benzene rings is 2. The largest absolute Gasteiger partial charge is 0.508 e. The molecular formula is C18H16O3. The smallest absolute Gasteiger partial charge is 0.116 e. The van der Waals surface area contributed by atoms with E-state index in [4.69, 9.17) is 0 Å². The lowest BCUT2D eigenvalue weighted by Gasteiger charge is -2.29. The van der Waals surface area contributed by atoms with E-state index in [1.165, 1.54) is 0 Å². The molecule has 0 saturated carbocycles. The Bertz CT molecular complexity index is 869. The topological polar surface area (TPSA) is 60.7 Å². The van der Waals surface area contributed by atoms with Gasteiger partial charge in [0.05, 0.1) is 6.10 Å². The summed E-state index contributed by atoms with van der Waals surface area (Å²) in [5, 5.41) is 32.1. The van der Waals surface area contributed by atoms with Crippen molar-refractivity contribution >= 4 is 12.2 Å². The SMILES string of the molecule is CC1c2cc(O)ccc2C(O)C12C=c1ccc(O)cc1=C2. The Labute approximate surface area is 122 Å². The molecule has 2 aromatic carbocycles. The van der Waals surface area contributed by atoms with Crippen LogP contribution in [0.5, 0.6) is 11.5 Å². The van der Waals surface area contributed by atoms with Crippen molar-refractivity contribution in [1.29, 1.82) is 0 Å². The van der Waals surface area contributed by atoms with Crippen molar-refractivity contribution in [3.63, 3.8) is 0 Å². The zero-order valence-corrected chi connectivity index (χ0v) is 11.6. The molecule has 2 aliphatic carbocycles. The fraction of sp³-hybridized carbons (Fsp3) is 0.222. The monoisotopic (exact) mass is 280 g/mol. The Balaban J connectivity index is 1.96. The molecule has 0 bridgehead atoms.